The summed E-state index contributed by atoms with van der Waals surface area (Å²) in [6.45, 7) is 10.6. The highest BCUT2D eigenvalue weighted by Crippen LogP contribution is 2.63. The Morgan fingerprint density at radius 2 is 1.45 bits per heavy atom. The van der Waals surface area contributed by atoms with Gasteiger partial charge in [0, 0.05) is 0 Å². The molecule has 0 aromatic heterocycles. The van der Waals surface area contributed by atoms with Gasteiger partial charge in [0.2, 0.25) is 0 Å². The summed E-state index contributed by atoms with van der Waals surface area (Å²) in [5.41, 5.74) is 2.35. The van der Waals surface area contributed by atoms with Gasteiger partial charge in [0.1, 0.15) is 0 Å². The van der Waals surface area contributed by atoms with Crippen LogP contribution in [-0.2, 0) is 0 Å². The largest absolute Gasteiger partial charge is 0.0689 e. The summed E-state index contributed by atoms with van der Waals surface area (Å²) in [6.07, 6.45) is 24.9. The minimum Gasteiger partial charge on any atom is -0.0689 e. The molecular weight excluding hydrogens is 364 g/mol. The van der Waals surface area contributed by atoms with Crippen molar-refractivity contribution in [2.75, 3.05) is 0 Å². The van der Waals surface area contributed by atoms with Crippen molar-refractivity contribution in [2.45, 2.75) is 141 Å². The van der Waals surface area contributed by atoms with Gasteiger partial charge in [-0.25, -0.2) is 0 Å². The van der Waals surface area contributed by atoms with Crippen LogP contribution in [0, 0.1) is 35.5 Å². The fourth-order valence-electron chi connectivity index (χ4n) is 9.42. The molecule has 8 atom stereocenters. The van der Waals surface area contributed by atoms with E-state index in [4.69, 9.17) is 0 Å². The summed E-state index contributed by atoms with van der Waals surface area (Å²) in [6, 6.07) is 0. The monoisotopic (exact) mass is 416 g/mol. The first-order valence-corrected chi connectivity index (χ1v) is 17.2. The summed E-state index contributed by atoms with van der Waals surface area (Å²) in [5, 5.41) is 0. The molecule has 0 heterocycles. The minimum atomic E-state index is -1.18. The van der Waals surface area contributed by atoms with Crippen LogP contribution >= 0.6 is 0 Å². The summed E-state index contributed by atoms with van der Waals surface area (Å²) in [4.78, 5) is 0. The second kappa shape index (κ2) is 9.79. The second-order valence-corrected chi connectivity index (χ2v) is 17.7. The van der Waals surface area contributed by atoms with Gasteiger partial charge in [-0.2, -0.15) is 0 Å². The van der Waals surface area contributed by atoms with E-state index < -0.39 is 8.07 Å². The van der Waals surface area contributed by atoms with Crippen molar-refractivity contribution >= 4 is 8.07 Å². The molecule has 0 spiro atoms. The number of unbranched alkanes of at least 4 members (excludes halogenated alkanes) is 1. The number of rotatable bonds is 8. The Bertz CT molecular complexity index is 510. The lowest BCUT2D eigenvalue weighted by Gasteiger charge is -2.45. The van der Waals surface area contributed by atoms with Crippen LogP contribution in [0.1, 0.15) is 117 Å². The molecule has 0 nitrogen and oxygen atoms in total. The number of hydrogen-bond donors (Lipinski definition) is 0. The molecule has 29 heavy (non-hydrogen) atoms. The zero-order valence-corrected chi connectivity index (χ0v) is 21.4. The maximum Gasteiger partial charge on any atom is 0.0541 e. The third-order valence-electron chi connectivity index (χ3n) is 11.0. The Balaban J connectivity index is 1.48. The lowest BCUT2D eigenvalue weighted by Crippen LogP contribution is -2.43. The van der Waals surface area contributed by atoms with Gasteiger partial charge in [-0.3, -0.25) is 0 Å². The zero-order chi connectivity index (χ0) is 20.4. The molecule has 4 fully saturated rings. The standard InChI is InChI=1S/C28H52Si/c1-5-7-12-21(6-2)19-23-20-28(26-16-11-10-14-24(23)26)29(3,4)27-18-17-22-13-8-9-15-25(22)27/h21-28H,5-20H2,1-4H3. The fourth-order valence-corrected chi connectivity index (χ4v) is 14.8. The summed E-state index contributed by atoms with van der Waals surface area (Å²) in [5.74, 6) is 6.68. The molecule has 8 unspecified atom stereocenters. The van der Waals surface area contributed by atoms with Crippen molar-refractivity contribution in [1.29, 1.82) is 0 Å². The van der Waals surface area contributed by atoms with Crippen LogP contribution in [0.5, 0.6) is 0 Å². The van der Waals surface area contributed by atoms with Crippen LogP contribution in [-0.4, -0.2) is 8.07 Å². The van der Waals surface area contributed by atoms with E-state index in [2.05, 4.69) is 26.9 Å². The van der Waals surface area contributed by atoms with Crippen LogP contribution in [0.15, 0.2) is 0 Å². The quantitative estimate of drug-likeness (QED) is 0.345. The van der Waals surface area contributed by atoms with Gasteiger partial charge in [0.25, 0.3) is 0 Å². The van der Waals surface area contributed by atoms with Crippen LogP contribution < -0.4 is 0 Å². The Kier molecular flexibility index (Phi) is 7.56. The van der Waals surface area contributed by atoms with Gasteiger partial charge in [-0.05, 0) is 65.9 Å². The molecule has 0 amide bonds. The van der Waals surface area contributed by atoms with Crippen LogP contribution in [0.25, 0.3) is 0 Å². The van der Waals surface area contributed by atoms with Gasteiger partial charge in [-0.15, -0.1) is 0 Å². The molecule has 0 radical (unpaired) electrons. The van der Waals surface area contributed by atoms with E-state index in [1.165, 1.54) is 36.8 Å². The molecule has 0 saturated heterocycles. The summed E-state index contributed by atoms with van der Waals surface area (Å²) in [7, 11) is -1.18. The van der Waals surface area contributed by atoms with Crippen molar-refractivity contribution in [1.82, 2.24) is 0 Å². The highest BCUT2D eigenvalue weighted by molar-refractivity contribution is 6.80. The number of fused-ring (bicyclic) bond motifs is 2. The van der Waals surface area contributed by atoms with E-state index in [0.29, 0.717) is 0 Å². The lowest BCUT2D eigenvalue weighted by molar-refractivity contribution is 0.197. The fraction of sp³-hybridized carbons (Fsp3) is 1.00. The molecule has 4 aliphatic carbocycles. The smallest absolute Gasteiger partial charge is 0.0541 e. The maximum atomic E-state index is 2.89. The van der Waals surface area contributed by atoms with E-state index >= 15 is 0 Å². The molecule has 168 valence electrons. The van der Waals surface area contributed by atoms with Crippen molar-refractivity contribution in [3.63, 3.8) is 0 Å². The van der Waals surface area contributed by atoms with Crippen molar-refractivity contribution in [3.8, 4) is 0 Å². The average Bonchev–Trinajstić information content (AvgIpc) is 3.34. The van der Waals surface area contributed by atoms with Crippen molar-refractivity contribution in [2.24, 2.45) is 35.5 Å². The third kappa shape index (κ3) is 4.56. The van der Waals surface area contributed by atoms with E-state index in [9.17, 15) is 0 Å². The highest BCUT2D eigenvalue weighted by Gasteiger charge is 2.55. The molecule has 0 aliphatic heterocycles. The normalized spacial score (nSPS) is 41.2. The van der Waals surface area contributed by atoms with Crippen molar-refractivity contribution in [3.05, 3.63) is 0 Å². The molecule has 0 N–H and O–H groups in total. The summed E-state index contributed by atoms with van der Waals surface area (Å²) < 4.78 is 0. The Hall–Kier alpha value is 0.217. The van der Waals surface area contributed by atoms with E-state index in [1.54, 1.807) is 77.0 Å². The molecular formula is C28H52Si. The summed E-state index contributed by atoms with van der Waals surface area (Å²) >= 11 is 0. The Labute approximate surface area is 184 Å². The molecule has 0 aromatic rings. The average molecular weight is 417 g/mol. The van der Waals surface area contributed by atoms with Gasteiger partial charge < -0.3 is 0 Å². The van der Waals surface area contributed by atoms with Crippen molar-refractivity contribution < 1.29 is 0 Å². The maximum absolute atomic E-state index is 2.89. The first kappa shape index (κ1) is 22.4. The number of hydrogen-bond acceptors (Lipinski definition) is 0. The Morgan fingerprint density at radius 3 is 2.17 bits per heavy atom. The van der Waals surface area contributed by atoms with E-state index in [1.807, 2.05) is 0 Å². The van der Waals surface area contributed by atoms with E-state index in [-0.39, 0.29) is 0 Å². The van der Waals surface area contributed by atoms with Crippen LogP contribution in [0.4, 0.5) is 0 Å². The van der Waals surface area contributed by atoms with Gasteiger partial charge in [0.05, 0.1) is 8.07 Å². The molecule has 4 aliphatic rings. The molecule has 0 aromatic carbocycles. The molecule has 4 saturated carbocycles. The zero-order valence-electron chi connectivity index (χ0n) is 20.4. The minimum absolute atomic E-state index is 1.03. The first-order chi connectivity index (χ1) is 14.1. The molecule has 1 heteroatoms. The topological polar surface area (TPSA) is 0 Å². The van der Waals surface area contributed by atoms with Gasteiger partial charge in [0.15, 0.2) is 0 Å². The third-order valence-corrected chi connectivity index (χ3v) is 16.2. The van der Waals surface area contributed by atoms with Crippen LogP contribution in [0.3, 0.4) is 0 Å². The predicted octanol–water partition coefficient (Wildman–Crippen LogP) is 9.47. The highest BCUT2D eigenvalue weighted by atomic mass is 28.3. The molecule has 4 rings (SSSR count). The van der Waals surface area contributed by atoms with Crippen LogP contribution in [0.2, 0.25) is 24.2 Å². The predicted molar refractivity (Wildman–Crippen MR) is 131 cm³/mol. The lowest BCUT2D eigenvalue weighted by atomic mass is 9.75. The Morgan fingerprint density at radius 1 is 0.759 bits per heavy atom. The molecule has 0 bridgehead atoms. The van der Waals surface area contributed by atoms with Gasteiger partial charge in [-0.1, -0.05) is 110 Å². The SMILES string of the molecule is CCCCC(CC)CC1CC([Si](C)(C)C2CCC3CCCCC32)C2CCCCC12. The van der Waals surface area contributed by atoms with Gasteiger partial charge >= 0.3 is 0 Å². The first-order valence-electron chi connectivity index (χ1n) is 14.1. The second-order valence-electron chi connectivity index (χ2n) is 12.6. The van der Waals surface area contributed by atoms with E-state index in [0.717, 1.165) is 35.5 Å².